The monoisotopic (exact) mass is 544 g/mol. The van der Waals surface area contributed by atoms with E-state index < -0.39 is 22.0 Å². The molecule has 0 amide bonds. The fourth-order valence-electron chi connectivity index (χ4n) is 2.87. The number of hydrogen-bond acceptors (Lipinski definition) is 6. The van der Waals surface area contributed by atoms with Crippen molar-refractivity contribution in [2.24, 2.45) is 5.73 Å². The molecule has 0 aliphatic heterocycles. The van der Waals surface area contributed by atoms with Gasteiger partial charge in [0.15, 0.2) is 0 Å². The molecule has 0 unspecified atom stereocenters. The fourth-order valence-corrected chi connectivity index (χ4v) is 6.77. The van der Waals surface area contributed by atoms with Gasteiger partial charge in [0, 0.05) is 0 Å². The van der Waals surface area contributed by atoms with Gasteiger partial charge < -0.3 is 10.8 Å². The Bertz CT molecular complexity index is 1330. The van der Waals surface area contributed by atoms with Crippen LogP contribution in [0.5, 0.6) is 0 Å². The van der Waals surface area contributed by atoms with Crippen LogP contribution < -0.4 is 5.73 Å². The number of nitrogens with one attached hydrogen (secondary N) is 1. The Labute approximate surface area is 209 Å². The Morgan fingerprint density at radius 2 is 1.63 bits per heavy atom. The zero-order valence-electron chi connectivity index (χ0n) is 18.9. The quantitative estimate of drug-likeness (QED) is 0.199. The zero-order valence-corrected chi connectivity index (χ0v) is 21.3. The molecule has 0 aliphatic rings. The summed E-state index contributed by atoms with van der Waals surface area (Å²) in [6, 6.07) is 16.7. The number of carboxylic acids is 1. The molecule has 0 aliphatic carbocycles. The first-order valence-electron chi connectivity index (χ1n) is 9.96. The van der Waals surface area contributed by atoms with Crippen molar-refractivity contribution >= 4 is 44.7 Å². The van der Waals surface area contributed by atoms with Crippen LogP contribution in [0.3, 0.4) is 0 Å². The highest BCUT2D eigenvalue weighted by atomic mass is 32.2. The molecule has 0 spiro atoms. The topological polar surface area (TPSA) is 121 Å². The molecule has 0 fully saturated rings. The minimum Gasteiger partial charge on any atom is -0.475 e. The lowest BCUT2D eigenvalue weighted by molar-refractivity contribution is -0.192. The summed E-state index contributed by atoms with van der Waals surface area (Å²) in [6.07, 6.45) is -3.26. The number of aliphatic carboxylic acids is 1. The molecule has 3 rings (SSSR count). The molecule has 0 bridgehead atoms. The molecular formula is C23H23F3N2O4S3. The summed E-state index contributed by atoms with van der Waals surface area (Å²) in [5.41, 5.74) is 8.62. The second-order valence-corrected chi connectivity index (χ2v) is 11.5. The number of rotatable bonds is 6. The molecule has 0 radical (unpaired) electrons. The van der Waals surface area contributed by atoms with Gasteiger partial charge in [-0.2, -0.15) is 13.2 Å². The van der Waals surface area contributed by atoms with Gasteiger partial charge >= 0.3 is 12.1 Å². The molecule has 188 valence electrons. The Hall–Kier alpha value is -2.83. The van der Waals surface area contributed by atoms with E-state index in [2.05, 4.69) is 26.0 Å². The number of nitrogens with two attached hydrogens (primary N) is 1. The number of thioether (sulfide) groups is 1. The number of benzene rings is 2. The van der Waals surface area contributed by atoms with Crippen LogP contribution >= 0.6 is 23.1 Å². The summed E-state index contributed by atoms with van der Waals surface area (Å²) in [4.78, 5) is 9.81. The highest BCUT2D eigenvalue weighted by Crippen LogP contribution is 2.37. The number of amidine groups is 1. The van der Waals surface area contributed by atoms with Gasteiger partial charge in [0.25, 0.3) is 0 Å². The normalized spacial score (nSPS) is 11.6. The summed E-state index contributed by atoms with van der Waals surface area (Å²) in [6.45, 7) is 4.26. The Morgan fingerprint density at radius 3 is 2.11 bits per heavy atom. The second-order valence-electron chi connectivity index (χ2n) is 7.49. The standard InChI is InChI=1S/C21H22N2O2S3.C2HF3O2/c1-13(2)14-6-4-7-15(10-14)16-8-5-9-17(11-16)28(24,25)19-12-18(20(22)23)27-21(19)26-3;3-2(4,5)1(6)7/h4-13H,1-3H3,(H3,22,23);(H,6,7). The van der Waals surface area contributed by atoms with Crippen LogP contribution in [0.25, 0.3) is 11.1 Å². The maximum atomic E-state index is 13.3. The fraction of sp³-hybridized carbons (Fsp3) is 0.217. The lowest BCUT2D eigenvalue weighted by Crippen LogP contribution is -2.21. The maximum Gasteiger partial charge on any atom is 0.490 e. The van der Waals surface area contributed by atoms with Crippen molar-refractivity contribution in [3.8, 4) is 11.1 Å². The van der Waals surface area contributed by atoms with Gasteiger partial charge in [0.05, 0.1) is 18.9 Å². The summed E-state index contributed by atoms with van der Waals surface area (Å²) in [5.74, 6) is -2.49. The van der Waals surface area contributed by atoms with Crippen molar-refractivity contribution < 1.29 is 31.5 Å². The van der Waals surface area contributed by atoms with Crippen LogP contribution in [0, 0.1) is 5.41 Å². The first-order chi connectivity index (χ1) is 16.2. The van der Waals surface area contributed by atoms with Crippen LogP contribution in [0.4, 0.5) is 13.2 Å². The van der Waals surface area contributed by atoms with E-state index in [1.807, 2.05) is 24.5 Å². The van der Waals surface area contributed by atoms with E-state index in [-0.39, 0.29) is 15.6 Å². The SMILES string of the molecule is CSc1sc(C(=N)N)cc1S(=O)(=O)c1cccc(-c2cccc(C(C)C)c2)c1.O=C(O)C(F)(F)F. The summed E-state index contributed by atoms with van der Waals surface area (Å²) < 4.78 is 59.0. The van der Waals surface area contributed by atoms with E-state index in [0.717, 1.165) is 11.1 Å². The number of thiophene rings is 1. The predicted octanol–water partition coefficient (Wildman–Crippen LogP) is 6.01. The number of sulfone groups is 1. The highest BCUT2D eigenvalue weighted by Gasteiger charge is 2.38. The van der Waals surface area contributed by atoms with Crippen LogP contribution in [0.15, 0.2) is 68.6 Å². The summed E-state index contributed by atoms with van der Waals surface area (Å²) in [5, 5.41) is 14.7. The van der Waals surface area contributed by atoms with Gasteiger partial charge in [-0.1, -0.05) is 50.2 Å². The third-order valence-corrected chi connectivity index (χ3v) is 9.02. The van der Waals surface area contributed by atoms with Crippen molar-refractivity contribution in [1.29, 1.82) is 5.41 Å². The molecule has 0 atom stereocenters. The Morgan fingerprint density at radius 1 is 1.09 bits per heavy atom. The van der Waals surface area contributed by atoms with Crippen molar-refractivity contribution in [2.75, 3.05) is 6.26 Å². The number of alkyl halides is 3. The van der Waals surface area contributed by atoms with Gasteiger partial charge in [-0.15, -0.1) is 23.1 Å². The van der Waals surface area contributed by atoms with Crippen molar-refractivity contribution in [3.63, 3.8) is 0 Å². The van der Waals surface area contributed by atoms with Crippen molar-refractivity contribution in [3.05, 3.63) is 65.0 Å². The van der Waals surface area contributed by atoms with Gasteiger partial charge in [-0.25, -0.2) is 13.2 Å². The molecule has 4 N–H and O–H groups in total. The van der Waals surface area contributed by atoms with Crippen molar-refractivity contribution in [2.45, 2.75) is 39.9 Å². The van der Waals surface area contributed by atoms with E-state index in [4.69, 9.17) is 21.0 Å². The lowest BCUT2D eigenvalue weighted by atomic mass is 9.97. The van der Waals surface area contributed by atoms with E-state index in [9.17, 15) is 21.6 Å². The molecule has 0 saturated heterocycles. The number of nitrogen functional groups attached to an aromatic ring is 1. The molecule has 35 heavy (non-hydrogen) atoms. The van der Waals surface area contributed by atoms with Gasteiger partial charge in [0.1, 0.15) is 5.84 Å². The van der Waals surface area contributed by atoms with Crippen LogP contribution in [0.2, 0.25) is 0 Å². The van der Waals surface area contributed by atoms with E-state index in [1.54, 1.807) is 18.2 Å². The van der Waals surface area contributed by atoms with Gasteiger partial charge in [-0.3, -0.25) is 5.41 Å². The first-order valence-corrected chi connectivity index (χ1v) is 13.5. The highest BCUT2D eigenvalue weighted by molar-refractivity contribution is 8.01. The Balaban J connectivity index is 0.000000540. The maximum absolute atomic E-state index is 13.3. The van der Waals surface area contributed by atoms with Gasteiger partial charge in [-0.05, 0) is 47.1 Å². The number of hydrogen-bond donors (Lipinski definition) is 3. The number of carbonyl (C=O) groups is 1. The van der Waals surface area contributed by atoms with Crippen LogP contribution in [-0.4, -0.2) is 37.8 Å². The molecule has 12 heteroatoms. The second kappa shape index (κ2) is 11.3. The summed E-state index contributed by atoms with van der Waals surface area (Å²) >= 11 is 2.58. The molecule has 1 aromatic heterocycles. The predicted molar refractivity (Wildman–Crippen MR) is 132 cm³/mol. The van der Waals surface area contributed by atoms with E-state index >= 15 is 0 Å². The summed E-state index contributed by atoms with van der Waals surface area (Å²) in [7, 11) is -3.71. The van der Waals surface area contributed by atoms with Gasteiger partial charge in [0.2, 0.25) is 9.84 Å². The van der Waals surface area contributed by atoms with E-state index in [1.165, 1.54) is 34.7 Å². The molecule has 2 aromatic carbocycles. The zero-order chi connectivity index (χ0) is 26.6. The minimum atomic E-state index is -5.08. The third kappa shape index (κ3) is 7.09. The van der Waals surface area contributed by atoms with Crippen LogP contribution in [-0.2, 0) is 14.6 Å². The number of halogens is 3. The lowest BCUT2D eigenvalue weighted by Gasteiger charge is -2.10. The first kappa shape index (κ1) is 28.4. The number of carboxylic acid groups (broad SMARTS) is 1. The largest absolute Gasteiger partial charge is 0.490 e. The molecule has 6 nitrogen and oxygen atoms in total. The molecule has 0 saturated carbocycles. The minimum absolute atomic E-state index is 0.124. The smallest absolute Gasteiger partial charge is 0.475 e. The molecular weight excluding hydrogens is 521 g/mol. The Kier molecular flexibility index (Phi) is 9.15. The molecule has 1 heterocycles. The average molecular weight is 545 g/mol. The third-order valence-electron chi connectivity index (χ3n) is 4.68. The van der Waals surface area contributed by atoms with E-state index in [0.29, 0.717) is 15.0 Å². The molecule has 3 aromatic rings. The average Bonchev–Trinajstić information content (AvgIpc) is 3.25. The van der Waals surface area contributed by atoms with Crippen LogP contribution in [0.1, 0.15) is 30.2 Å². The van der Waals surface area contributed by atoms with Crippen molar-refractivity contribution in [1.82, 2.24) is 0 Å².